The molecule has 2 aromatic heterocycles. The molecule has 0 spiro atoms. The molecule has 1 aliphatic rings. The molecule has 0 radical (unpaired) electrons. The Morgan fingerprint density at radius 2 is 1.42 bits per heavy atom. The van der Waals surface area contributed by atoms with Crippen LogP contribution in [0.4, 0.5) is 32.3 Å². The van der Waals surface area contributed by atoms with Gasteiger partial charge in [0.15, 0.2) is 0 Å². The van der Waals surface area contributed by atoms with Crippen molar-refractivity contribution in [3.63, 3.8) is 0 Å². The summed E-state index contributed by atoms with van der Waals surface area (Å²) in [6, 6.07) is 10.5. The number of nitrogens with zero attached hydrogens (tertiary/aromatic N) is 5. The maximum Gasteiger partial charge on any atom is 0.490 e. The number of rotatable bonds is 4. The van der Waals surface area contributed by atoms with Crippen LogP contribution in [-0.2, 0) is 16.1 Å². The van der Waals surface area contributed by atoms with Crippen LogP contribution in [0.1, 0.15) is 5.56 Å². The molecule has 0 atom stereocenters. The SMILES string of the molecule is O=C(O)C(F)(F)F.O=C(O)C(F)(F)F.c1cnc(N2CCN(Cc3cccc(-c4cn[nH]c4)c3)CC2)nc1. The lowest BCUT2D eigenvalue weighted by molar-refractivity contribution is -0.193. The Morgan fingerprint density at radius 1 is 0.868 bits per heavy atom. The summed E-state index contributed by atoms with van der Waals surface area (Å²) >= 11 is 0. The van der Waals surface area contributed by atoms with E-state index in [2.05, 4.69) is 54.2 Å². The molecule has 1 saturated heterocycles. The molecular formula is C22H22F6N6O4. The quantitative estimate of drug-likeness (QED) is 0.419. The Bertz CT molecular complexity index is 1130. The predicted molar refractivity (Wildman–Crippen MR) is 121 cm³/mol. The van der Waals surface area contributed by atoms with Crippen LogP contribution in [0.15, 0.2) is 55.1 Å². The van der Waals surface area contributed by atoms with Crippen molar-refractivity contribution in [1.29, 1.82) is 0 Å². The molecule has 206 valence electrons. The predicted octanol–water partition coefficient (Wildman–Crippen LogP) is 3.46. The van der Waals surface area contributed by atoms with Crippen molar-refractivity contribution >= 4 is 17.9 Å². The number of carboxylic acids is 2. The molecule has 3 aromatic rings. The van der Waals surface area contributed by atoms with Crippen LogP contribution in [0.25, 0.3) is 11.1 Å². The summed E-state index contributed by atoms with van der Waals surface area (Å²) in [5.41, 5.74) is 3.67. The second kappa shape index (κ2) is 13.4. The number of halogens is 6. The second-order valence-electron chi connectivity index (χ2n) is 7.61. The van der Waals surface area contributed by atoms with Gasteiger partial charge in [-0.15, -0.1) is 0 Å². The van der Waals surface area contributed by atoms with Crippen molar-refractivity contribution in [2.75, 3.05) is 31.1 Å². The van der Waals surface area contributed by atoms with Crippen LogP contribution in [0.3, 0.4) is 0 Å². The van der Waals surface area contributed by atoms with Crippen molar-refractivity contribution < 1.29 is 46.1 Å². The van der Waals surface area contributed by atoms with Crippen LogP contribution in [-0.4, -0.2) is 85.7 Å². The Morgan fingerprint density at radius 3 is 1.89 bits per heavy atom. The number of H-pyrrole nitrogens is 1. The number of benzene rings is 1. The summed E-state index contributed by atoms with van der Waals surface area (Å²) in [6.45, 7) is 4.94. The first-order valence-corrected chi connectivity index (χ1v) is 10.7. The minimum Gasteiger partial charge on any atom is -0.475 e. The number of hydrogen-bond donors (Lipinski definition) is 3. The van der Waals surface area contributed by atoms with E-state index in [9.17, 15) is 26.3 Å². The third-order valence-corrected chi connectivity index (χ3v) is 4.86. The Balaban J connectivity index is 0.000000301. The molecule has 1 aromatic carbocycles. The molecule has 4 rings (SSSR count). The summed E-state index contributed by atoms with van der Waals surface area (Å²) in [5.74, 6) is -4.68. The lowest BCUT2D eigenvalue weighted by Crippen LogP contribution is -2.46. The topological polar surface area (TPSA) is 136 Å². The van der Waals surface area contributed by atoms with E-state index in [4.69, 9.17) is 19.8 Å². The fourth-order valence-electron chi connectivity index (χ4n) is 3.08. The number of nitrogens with one attached hydrogen (secondary N) is 1. The molecule has 1 aliphatic heterocycles. The molecule has 0 amide bonds. The van der Waals surface area contributed by atoms with Crippen molar-refractivity contribution in [3.8, 4) is 11.1 Å². The van der Waals surface area contributed by atoms with Crippen molar-refractivity contribution in [3.05, 3.63) is 60.7 Å². The zero-order valence-electron chi connectivity index (χ0n) is 19.4. The maximum atomic E-state index is 10.6. The second-order valence-corrected chi connectivity index (χ2v) is 7.61. The molecule has 0 aliphatic carbocycles. The smallest absolute Gasteiger partial charge is 0.475 e. The summed E-state index contributed by atoms with van der Waals surface area (Å²) in [6.07, 6.45) is -2.78. The number of aromatic nitrogens is 4. The van der Waals surface area contributed by atoms with E-state index in [0.717, 1.165) is 44.2 Å². The van der Waals surface area contributed by atoms with Crippen LogP contribution in [0.2, 0.25) is 0 Å². The minimum atomic E-state index is -5.08. The molecule has 0 bridgehead atoms. The number of aromatic amines is 1. The fraction of sp³-hybridized carbons (Fsp3) is 0.318. The Hall–Kier alpha value is -4.21. The summed E-state index contributed by atoms with van der Waals surface area (Å²) in [4.78, 5) is 31.2. The average molecular weight is 548 g/mol. The van der Waals surface area contributed by atoms with Gasteiger partial charge in [-0.1, -0.05) is 18.2 Å². The first-order chi connectivity index (χ1) is 17.8. The van der Waals surface area contributed by atoms with Crippen LogP contribution >= 0.6 is 0 Å². The lowest BCUT2D eigenvalue weighted by atomic mass is 10.1. The van der Waals surface area contributed by atoms with E-state index >= 15 is 0 Å². The van der Waals surface area contributed by atoms with Gasteiger partial charge in [0.05, 0.1) is 6.20 Å². The normalized spacial score (nSPS) is 14.0. The largest absolute Gasteiger partial charge is 0.490 e. The highest BCUT2D eigenvalue weighted by atomic mass is 19.4. The van der Waals surface area contributed by atoms with E-state index in [1.165, 1.54) is 11.1 Å². The third-order valence-electron chi connectivity index (χ3n) is 4.86. The lowest BCUT2D eigenvalue weighted by Gasteiger charge is -2.34. The summed E-state index contributed by atoms with van der Waals surface area (Å²) in [7, 11) is 0. The number of alkyl halides is 6. The molecular weight excluding hydrogens is 526 g/mol. The highest BCUT2D eigenvalue weighted by molar-refractivity contribution is 5.73. The molecule has 10 nitrogen and oxygen atoms in total. The van der Waals surface area contributed by atoms with Gasteiger partial charge in [-0.2, -0.15) is 31.4 Å². The van der Waals surface area contributed by atoms with Crippen LogP contribution in [0, 0.1) is 0 Å². The number of carbonyl (C=O) groups is 2. The van der Waals surface area contributed by atoms with Crippen LogP contribution in [0.5, 0.6) is 0 Å². The zero-order valence-corrected chi connectivity index (χ0v) is 19.4. The average Bonchev–Trinajstić information content (AvgIpc) is 3.40. The number of anilines is 1. The fourth-order valence-corrected chi connectivity index (χ4v) is 3.08. The number of carboxylic acid groups (broad SMARTS) is 2. The van der Waals surface area contributed by atoms with E-state index in [-0.39, 0.29) is 0 Å². The van der Waals surface area contributed by atoms with Gasteiger partial charge >= 0.3 is 24.3 Å². The molecule has 16 heteroatoms. The van der Waals surface area contributed by atoms with E-state index in [1.807, 2.05) is 18.5 Å². The Labute approximate surface area is 211 Å². The monoisotopic (exact) mass is 548 g/mol. The van der Waals surface area contributed by atoms with Gasteiger partial charge < -0.3 is 15.1 Å². The molecule has 38 heavy (non-hydrogen) atoms. The molecule has 0 unspecified atom stereocenters. The van der Waals surface area contributed by atoms with Crippen molar-refractivity contribution in [2.24, 2.45) is 0 Å². The minimum absolute atomic E-state index is 0.833. The number of hydrogen-bond acceptors (Lipinski definition) is 7. The zero-order chi connectivity index (χ0) is 28.3. The third kappa shape index (κ3) is 10.0. The number of aliphatic carboxylic acids is 2. The van der Waals surface area contributed by atoms with Gasteiger partial charge in [-0.05, 0) is 23.3 Å². The van der Waals surface area contributed by atoms with E-state index < -0.39 is 24.3 Å². The van der Waals surface area contributed by atoms with E-state index in [0.29, 0.717) is 0 Å². The van der Waals surface area contributed by atoms with Gasteiger partial charge in [0, 0.05) is 56.9 Å². The first kappa shape index (κ1) is 30.0. The Kier molecular flexibility index (Phi) is 10.6. The number of piperazine rings is 1. The standard InChI is InChI=1S/C18H20N6.2C2HF3O2/c1-3-15(11-16(4-1)17-12-21-22-13-17)14-23-7-9-24(10-8-23)18-19-5-2-6-20-18;2*3-2(4,5)1(6)7/h1-6,11-13H,7-10,14H2,(H,21,22);2*(H,6,7). The maximum absolute atomic E-state index is 10.6. The molecule has 3 N–H and O–H groups in total. The molecule has 1 fully saturated rings. The van der Waals surface area contributed by atoms with Crippen molar-refractivity contribution in [1.82, 2.24) is 25.1 Å². The van der Waals surface area contributed by atoms with E-state index in [1.54, 1.807) is 12.4 Å². The van der Waals surface area contributed by atoms with Gasteiger partial charge in [-0.25, -0.2) is 19.6 Å². The summed E-state index contributed by atoms with van der Waals surface area (Å²) in [5, 5.41) is 21.1. The van der Waals surface area contributed by atoms with Gasteiger partial charge in [0.2, 0.25) is 5.95 Å². The van der Waals surface area contributed by atoms with Crippen molar-refractivity contribution in [2.45, 2.75) is 18.9 Å². The molecule has 0 saturated carbocycles. The van der Waals surface area contributed by atoms with Gasteiger partial charge in [-0.3, -0.25) is 10.00 Å². The highest BCUT2D eigenvalue weighted by Gasteiger charge is 2.38. The molecule has 3 heterocycles. The highest BCUT2D eigenvalue weighted by Crippen LogP contribution is 2.20. The first-order valence-electron chi connectivity index (χ1n) is 10.7. The summed E-state index contributed by atoms with van der Waals surface area (Å²) < 4.78 is 63.5. The van der Waals surface area contributed by atoms with Crippen LogP contribution < -0.4 is 4.90 Å². The van der Waals surface area contributed by atoms with Gasteiger partial charge in [0.1, 0.15) is 0 Å². The van der Waals surface area contributed by atoms with Gasteiger partial charge in [0.25, 0.3) is 0 Å².